The van der Waals surface area contributed by atoms with Crippen molar-refractivity contribution >= 4 is 5.91 Å². The highest BCUT2D eigenvalue weighted by molar-refractivity contribution is 5.76. The summed E-state index contributed by atoms with van der Waals surface area (Å²) in [5, 5.41) is 7.22. The van der Waals surface area contributed by atoms with Crippen LogP contribution in [0, 0.1) is 12.3 Å². The summed E-state index contributed by atoms with van der Waals surface area (Å²) in [6.07, 6.45) is 5.87. The summed E-state index contributed by atoms with van der Waals surface area (Å²) in [7, 11) is 1.89. The van der Waals surface area contributed by atoms with Crippen LogP contribution in [0.1, 0.15) is 36.9 Å². The molecule has 0 aliphatic heterocycles. The third kappa shape index (κ3) is 2.72. The lowest BCUT2D eigenvalue weighted by atomic mass is 9.66. The van der Waals surface area contributed by atoms with Gasteiger partial charge in [-0.3, -0.25) is 9.48 Å². The van der Waals surface area contributed by atoms with E-state index in [2.05, 4.69) is 10.4 Å². The van der Waals surface area contributed by atoms with E-state index in [0.717, 1.165) is 24.1 Å². The Labute approximate surface area is 108 Å². The lowest BCUT2D eigenvalue weighted by molar-refractivity contribution is -0.124. The topological polar surface area (TPSA) is 72.9 Å². The highest BCUT2D eigenvalue weighted by Crippen LogP contribution is 2.42. The number of aryl methyl sites for hydroxylation is 2. The molecule has 1 heterocycles. The summed E-state index contributed by atoms with van der Waals surface area (Å²) in [6.45, 7) is 3.13. The van der Waals surface area contributed by atoms with E-state index in [0.29, 0.717) is 19.5 Å². The van der Waals surface area contributed by atoms with Crippen LogP contribution in [0.25, 0.3) is 0 Å². The number of amides is 1. The molecule has 1 aliphatic carbocycles. The molecule has 0 atom stereocenters. The summed E-state index contributed by atoms with van der Waals surface area (Å²) in [5.41, 5.74) is 7.87. The molecule has 5 heteroatoms. The standard InChI is InChI=1S/C13H22N4O/c1-10-11(8-17(2)16-10)7-15-12(18)6-13(9-14)4-3-5-13/h8H,3-7,9,14H2,1-2H3,(H,15,18). The summed E-state index contributed by atoms with van der Waals surface area (Å²) >= 11 is 0. The fraction of sp³-hybridized carbons (Fsp3) is 0.692. The molecule has 2 rings (SSSR count). The van der Waals surface area contributed by atoms with Crippen molar-refractivity contribution < 1.29 is 4.79 Å². The second-order valence-electron chi connectivity index (χ2n) is 5.42. The minimum Gasteiger partial charge on any atom is -0.352 e. The van der Waals surface area contributed by atoms with Gasteiger partial charge in [0.25, 0.3) is 0 Å². The van der Waals surface area contributed by atoms with E-state index in [9.17, 15) is 4.79 Å². The van der Waals surface area contributed by atoms with Gasteiger partial charge in [-0.2, -0.15) is 5.10 Å². The van der Waals surface area contributed by atoms with E-state index in [1.165, 1.54) is 6.42 Å². The van der Waals surface area contributed by atoms with Crippen molar-refractivity contribution in [2.75, 3.05) is 6.54 Å². The van der Waals surface area contributed by atoms with E-state index in [-0.39, 0.29) is 11.3 Å². The van der Waals surface area contributed by atoms with Crippen LogP contribution in [-0.2, 0) is 18.4 Å². The molecule has 18 heavy (non-hydrogen) atoms. The van der Waals surface area contributed by atoms with Crippen molar-refractivity contribution in [2.24, 2.45) is 18.2 Å². The van der Waals surface area contributed by atoms with Crippen LogP contribution >= 0.6 is 0 Å². The molecular weight excluding hydrogens is 228 g/mol. The Balaban J connectivity index is 1.83. The molecule has 0 radical (unpaired) electrons. The number of nitrogens with two attached hydrogens (primary N) is 1. The summed E-state index contributed by atoms with van der Waals surface area (Å²) < 4.78 is 1.77. The highest BCUT2D eigenvalue weighted by Gasteiger charge is 2.37. The van der Waals surface area contributed by atoms with Crippen LogP contribution in [0.3, 0.4) is 0 Å². The van der Waals surface area contributed by atoms with Gasteiger partial charge in [0, 0.05) is 31.8 Å². The second-order valence-corrected chi connectivity index (χ2v) is 5.42. The molecule has 1 aliphatic rings. The van der Waals surface area contributed by atoms with Gasteiger partial charge in [0.15, 0.2) is 0 Å². The Hall–Kier alpha value is -1.36. The van der Waals surface area contributed by atoms with Gasteiger partial charge in [-0.25, -0.2) is 0 Å². The number of nitrogens with one attached hydrogen (secondary N) is 1. The molecule has 0 saturated heterocycles. The fourth-order valence-corrected chi connectivity index (χ4v) is 2.55. The maximum absolute atomic E-state index is 11.9. The van der Waals surface area contributed by atoms with Crippen LogP contribution in [0.2, 0.25) is 0 Å². The predicted octanol–water partition coefficient (Wildman–Crippen LogP) is 0.864. The summed E-state index contributed by atoms with van der Waals surface area (Å²) in [4.78, 5) is 11.9. The van der Waals surface area contributed by atoms with Gasteiger partial charge < -0.3 is 11.1 Å². The molecule has 0 unspecified atom stereocenters. The minimum atomic E-state index is 0.0774. The monoisotopic (exact) mass is 250 g/mol. The molecule has 5 nitrogen and oxygen atoms in total. The number of hydrogen-bond donors (Lipinski definition) is 2. The van der Waals surface area contributed by atoms with Crippen molar-refractivity contribution in [3.63, 3.8) is 0 Å². The van der Waals surface area contributed by atoms with Gasteiger partial charge in [0.1, 0.15) is 0 Å². The Morgan fingerprint density at radius 1 is 1.61 bits per heavy atom. The SMILES string of the molecule is Cc1nn(C)cc1CNC(=O)CC1(CN)CCC1. The Bertz CT molecular complexity index is 429. The zero-order chi connectivity index (χ0) is 13.2. The highest BCUT2D eigenvalue weighted by atomic mass is 16.1. The quantitative estimate of drug-likeness (QED) is 0.814. The maximum atomic E-state index is 11.9. The maximum Gasteiger partial charge on any atom is 0.220 e. The molecule has 1 fully saturated rings. The van der Waals surface area contributed by atoms with E-state index >= 15 is 0 Å². The molecule has 0 aromatic carbocycles. The van der Waals surface area contributed by atoms with Gasteiger partial charge in [0.2, 0.25) is 5.91 Å². The van der Waals surface area contributed by atoms with Crippen molar-refractivity contribution in [2.45, 2.75) is 39.2 Å². The molecule has 0 spiro atoms. The van der Waals surface area contributed by atoms with Crippen LogP contribution in [0.15, 0.2) is 6.20 Å². The first-order chi connectivity index (χ1) is 8.54. The smallest absolute Gasteiger partial charge is 0.220 e. The fourth-order valence-electron chi connectivity index (χ4n) is 2.55. The lowest BCUT2D eigenvalue weighted by Gasteiger charge is -2.40. The number of nitrogens with zero attached hydrogens (tertiary/aromatic N) is 2. The van der Waals surface area contributed by atoms with Crippen LogP contribution in [0.4, 0.5) is 0 Å². The van der Waals surface area contributed by atoms with Crippen molar-refractivity contribution in [3.05, 3.63) is 17.5 Å². The van der Waals surface area contributed by atoms with Gasteiger partial charge in [-0.05, 0) is 31.7 Å². The Kier molecular flexibility index (Phi) is 3.71. The average molecular weight is 250 g/mol. The summed E-state index contributed by atoms with van der Waals surface area (Å²) in [6, 6.07) is 0. The third-order valence-corrected chi connectivity index (χ3v) is 3.97. The molecule has 1 aromatic rings. The molecule has 1 saturated carbocycles. The number of carbonyl (C=O) groups excluding carboxylic acids is 1. The summed E-state index contributed by atoms with van der Waals surface area (Å²) in [5.74, 6) is 0.100. The van der Waals surface area contributed by atoms with Crippen molar-refractivity contribution in [1.82, 2.24) is 15.1 Å². The lowest BCUT2D eigenvalue weighted by Crippen LogP contribution is -2.41. The Morgan fingerprint density at radius 3 is 2.78 bits per heavy atom. The molecule has 100 valence electrons. The van der Waals surface area contributed by atoms with Crippen molar-refractivity contribution in [1.29, 1.82) is 0 Å². The average Bonchev–Trinajstić information content (AvgIpc) is 2.60. The number of rotatable bonds is 5. The largest absolute Gasteiger partial charge is 0.352 e. The number of carbonyl (C=O) groups is 1. The first-order valence-electron chi connectivity index (χ1n) is 6.50. The first kappa shape index (κ1) is 13.1. The van der Waals surface area contributed by atoms with Crippen LogP contribution in [0.5, 0.6) is 0 Å². The predicted molar refractivity (Wildman–Crippen MR) is 69.7 cm³/mol. The Morgan fingerprint density at radius 2 is 2.33 bits per heavy atom. The molecule has 1 aromatic heterocycles. The van der Waals surface area contributed by atoms with Crippen molar-refractivity contribution in [3.8, 4) is 0 Å². The second kappa shape index (κ2) is 5.10. The van der Waals surface area contributed by atoms with Gasteiger partial charge in [-0.1, -0.05) is 6.42 Å². The molecular formula is C13H22N4O. The zero-order valence-corrected chi connectivity index (χ0v) is 11.2. The number of hydrogen-bond acceptors (Lipinski definition) is 3. The van der Waals surface area contributed by atoms with Crippen LogP contribution < -0.4 is 11.1 Å². The van der Waals surface area contributed by atoms with Gasteiger partial charge >= 0.3 is 0 Å². The third-order valence-electron chi connectivity index (χ3n) is 3.97. The van der Waals surface area contributed by atoms with E-state index in [4.69, 9.17) is 5.73 Å². The minimum absolute atomic E-state index is 0.0774. The van der Waals surface area contributed by atoms with E-state index < -0.39 is 0 Å². The number of aromatic nitrogens is 2. The van der Waals surface area contributed by atoms with E-state index in [1.54, 1.807) is 4.68 Å². The van der Waals surface area contributed by atoms with Crippen LogP contribution in [-0.4, -0.2) is 22.2 Å². The van der Waals surface area contributed by atoms with E-state index in [1.807, 2.05) is 20.2 Å². The zero-order valence-electron chi connectivity index (χ0n) is 11.2. The molecule has 1 amide bonds. The van der Waals surface area contributed by atoms with Gasteiger partial charge in [0.05, 0.1) is 5.69 Å². The molecule has 3 N–H and O–H groups in total. The van der Waals surface area contributed by atoms with Gasteiger partial charge in [-0.15, -0.1) is 0 Å². The molecule has 0 bridgehead atoms. The first-order valence-corrected chi connectivity index (χ1v) is 6.50. The normalized spacial score (nSPS) is 17.3.